The molecule has 0 radical (unpaired) electrons. The summed E-state index contributed by atoms with van der Waals surface area (Å²) >= 11 is 0. The zero-order chi connectivity index (χ0) is 17.0. The van der Waals surface area contributed by atoms with Gasteiger partial charge >= 0.3 is 5.69 Å². The molecule has 0 aliphatic rings. The smallest absolute Gasteiger partial charge is 0.329 e. The number of nitrogens with two attached hydrogens (primary N) is 1. The van der Waals surface area contributed by atoms with Crippen LogP contribution in [0, 0.1) is 10.1 Å². The van der Waals surface area contributed by atoms with Crippen LogP contribution in [0.15, 0.2) is 30.5 Å². The first kappa shape index (κ1) is 16.4. The minimum atomic E-state index is -0.887. The van der Waals surface area contributed by atoms with E-state index in [2.05, 4.69) is 9.97 Å². The van der Waals surface area contributed by atoms with Gasteiger partial charge in [-0.2, -0.15) is 4.98 Å². The Morgan fingerprint density at radius 2 is 2.22 bits per heavy atom. The summed E-state index contributed by atoms with van der Waals surface area (Å²) in [6.45, 7) is 2.44. The zero-order valence-electron chi connectivity index (χ0n) is 12.5. The maximum Gasteiger partial charge on any atom is 0.329 e. The van der Waals surface area contributed by atoms with Crippen LogP contribution < -0.4 is 10.6 Å². The summed E-state index contributed by atoms with van der Waals surface area (Å²) < 4.78 is 0. The van der Waals surface area contributed by atoms with E-state index < -0.39 is 11.0 Å². The maximum atomic E-state index is 10.7. The Labute approximate surface area is 132 Å². The minimum absolute atomic E-state index is 0.0560. The van der Waals surface area contributed by atoms with Crippen molar-refractivity contribution in [3.05, 3.63) is 46.1 Å². The highest BCUT2D eigenvalue weighted by Gasteiger charge is 2.19. The molecule has 1 heterocycles. The summed E-state index contributed by atoms with van der Waals surface area (Å²) in [6.07, 6.45) is 0.156. The molecule has 0 fully saturated rings. The number of anilines is 2. The van der Waals surface area contributed by atoms with Gasteiger partial charge in [0, 0.05) is 6.54 Å². The number of aromatic hydroxyl groups is 1. The highest BCUT2D eigenvalue weighted by molar-refractivity contribution is 5.53. The van der Waals surface area contributed by atoms with Gasteiger partial charge in [0.05, 0.1) is 17.6 Å². The molecule has 0 saturated carbocycles. The Morgan fingerprint density at radius 1 is 1.48 bits per heavy atom. The number of rotatable bonds is 6. The van der Waals surface area contributed by atoms with Crippen molar-refractivity contribution in [3.8, 4) is 5.75 Å². The molecule has 2 aromatic rings. The van der Waals surface area contributed by atoms with Crippen LogP contribution in [0.1, 0.15) is 18.6 Å². The summed E-state index contributed by atoms with van der Waals surface area (Å²) in [5.74, 6) is 0.0144. The van der Waals surface area contributed by atoms with Gasteiger partial charge in [0.2, 0.25) is 11.8 Å². The lowest BCUT2D eigenvalue weighted by Crippen LogP contribution is -2.30. The molecule has 2 rings (SSSR count). The maximum absolute atomic E-state index is 10.7. The van der Waals surface area contributed by atoms with E-state index in [1.807, 2.05) is 6.92 Å². The third-order valence-electron chi connectivity index (χ3n) is 3.29. The van der Waals surface area contributed by atoms with Crippen molar-refractivity contribution in [1.29, 1.82) is 0 Å². The topological polar surface area (TPSA) is 139 Å². The van der Waals surface area contributed by atoms with Gasteiger partial charge in [0.25, 0.3) is 0 Å². The second-order valence-corrected chi connectivity index (χ2v) is 4.85. The van der Waals surface area contributed by atoms with Crippen molar-refractivity contribution in [3.63, 3.8) is 0 Å². The molecular formula is C14H17N5O4. The predicted molar refractivity (Wildman–Crippen MR) is 84.1 cm³/mol. The van der Waals surface area contributed by atoms with Crippen LogP contribution in [0.25, 0.3) is 0 Å². The predicted octanol–water partition coefficient (Wildman–Crippen LogP) is 1.23. The van der Waals surface area contributed by atoms with Gasteiger partial charge in [0.15, 0.2) is 0 Å². The van der Waals surface area contributed by atoms with E-state index in [1.165, 1.54) is 12.1 Å². The van der Waals surface area contributed by atoms with Crippen LogP contribution in [0.2, 0.25) is 0 Å². The molecule has 0 bridgehead atoms. The molecule has 1 aromatic carbocycles. The van der Waals surface area contributed by atoms with Gasteiger partial charge in [-0.15, -0.1) is 0 Å². The molecule has 4 N–H and O–H groups in total. The van der Waals surface area contributed by atoms with E-state index in [1.54, 1.807) is 17.0 Å². The first-order chi connectivity index (χ1) is 10.9. The Hall–Kier alpha value is -2.94. The average molecular weight is 319 g/mol. The van der Waals surface area contributed by atoms with Crippen molar-refractivity contribution in [2.24, 2.45) is 0 Å². The fourth-order valence-corrected chi connectivity index (χ4v) is 2.07. The molecule has 9 nitrogen and oxygen atoms in total. The van der Waals surface area contributed by atoms with E-state index in [0.717, 1.165) is 6.20 Å². The van der Waals surface area contributed by atoms with Crippen LogP contribution >= 0.6 is 0 Å². The molecule has 122 valence electrons. The number of aliphatic hydroxyl groups is 1. The third kappa shape index (κ3) is 3.83. The molecule has 0 amide bonds. The summed E-state index contributed by atoms with van der Waals surface area (Å²) in [6, 6.07) is 6.28. The highest BCUT2D eigenvalue weighted by atomic mass is 16.6. The number of hydrogen-bond acceptors (Lipinski definition) is 8. The number of phenols is 1. The first-order valence-electron chi connectivity index (χ1n) is 6.91. The fraction of sp³-hybridized carbons (Fsp3) is 0.286. The van der Waals surface area contributed by atoms with Gasteiger partial charge in [-0.3, -0.25) is 10.1 Å². The Kier molecular flexibility index (Phi) is 4.91. The molecule has 0 aliphatic heterocycles. The van der Waals surface area contributed by atoms with Crippen LogP contribution in [-0.2, 0) is 0 Å². The van der Waals surface area contributed by atoms with Gasteiger partial charge < -0.3 is 20.8 Å². The summed E-state index contributed by atoms with van der Waals surface area (Å²) in [4.78, 5) is 19.6. The number of nitrogens with zero attached hydrogens (tertiary/aromatic N) is 4. The number of aliphatic hydroxyl groups excluding tert-OH is 1. The van der Waals surface area contributed by atoms with E-state index in [4.69, 9.17) is 5.73 Å². The van der Waals surface area contributed by atoms with Crippen molar-refractivity contribution in [2.75, 3.05) is 23.7 Å². The van der Waals surface area contributed by atoms with E-state index in [9.17, 15) is 20.3 Å². The monoisotopic (exact) mass is 319 g/mol. The quantitative estimate of drug-likeness (QED) is 0.533. The van der Waals surface area contributed by atoms with Crippen LogP contribution in [-0.4, -0.2) is 38.2 Å². The summed E-state index contributed by atoms with van der Waals surface area (Å²) in [5, 5.41) is 30.5. The average Bonchev–Trinajstić information content (AvgIpc) is 2.51. The normalized spacial score (nSPS) is 11.9. The minimum Gasteiger partial charge on any atom is -0.508 e. The second-order valence-electron chi connectivity index (χ2n) is 4.85. The number of nitro groups is 1. The Balaban J connectivity index is 2.19. The number of nitrogen functional groups attached to an aromatic ring is 1. The molecular weight excluding hydrogens is 302 g/mol. The Bertz CT molecular complexity index is 709. The number of aromatic nitrogens is 2. The lowest BCUT2D eigenvalue weighted by molar-refractivity contribution is -0.384. The van der Waals surface area contributed by atoms with Crippen LogP contribution in [0.5, 0.6) is 5.75 Å². The number of hydrogen-bond donors (Lipinski definition) is 3. The lowest BCUT2D eigenvalue weighted by Gasteiger charge is -2.24. The van der Waals surface area contributed by atoms with Gasteiger partial charge in [-0.25, -0.2) is 4.98 Å². The van der Waals surface area contributed by atoms with Crippen molar-refractivity contribution in [2.45, 2.75) is 13.0 Å². The molecule has 0 spiro atoms. The van der Waals surface area contributed by atoms with Crippen LogP contribution in [0.4, 0.5) is 17.5 Å². The summed E-state index contributed by atoms with van der Waals surface area (Å²) in [5.41, 5.74) is 5.74. The van der Waals surface area contributed by atoms with E-state index >= 15 is 0 Å². The van der Waals surface area contributed by atoms with E-state index in [-0.39, 0.29) is 29.7 Å². The molecule has 1 aromatic heterocycles. The molecule has 0 saturated heterocycles. The molecule has 23 heavy (non-hydrogen) atoms. The van der Waals surface area contributed by atoms with Crippen molar-refractivity contribution in [1.82, 2.24) is 9.97 Å². The fourth-order valence-electron chi connectivity index (χ4n) is 2.07. The lowest BCUT2D eigenvalue weighted by atomic mass is 10.1. The standard InChI is InChI=1S/C14H17N5O4/c1-2-18(8-12(21)9-4-3-5-10(20)6-9)14-16-7-11(19(22)23)13(15)17-14/h3-7,12,20-21H,2,8H2,1H3,(H2,15,16,17). The zero-order valence-corrected chi connectivity index (χ0v) is 12.5. The molecule has 0 aliphatic carbocycles. The number of likely N-dealkylation sites (N-methyl/N-ethyl adjacent to an activating group) is 1. The number of benzene rings is 1. The Morgan fingerprint density at radius 3 is 2.78 bits per heavy atom. The van der Waals surface area contributed by atoms with Crippen molar-refractivity contribution < 1.29 is 15.1 Å². The van der Waals surface area contributed by atoms with Gasteiger partial charge in [-0.1, -0.05) is 12.1 Å². The van der Waals surface area contributed by atoms with E-state index in [0.29, 0.717) is 12.1 Å². The SMILES string of the molecule is CCN(CC(O)c1cccc(O)c1)c1ncc([N+](=O)[O-])c(N)n1. The third-order valence-corrected chi connectivity index (χ3v) is 3.29. The van der Waals surface area contributed by atoms with Crippen LogP contribution in [0.3, 0.4) is 0 Å². The molecule has 1 atom stereocenters. The molecule has 9 heteroatoms. The highest BCUT2D eigenvalue weighted by Crippen LogP contribution is 2.23. The first-order valence-corrected chi connectivity index (χ1v) is 6.91. The molecule has 1 unspecified atom stereocenters. The number of phenolic OH excluding ortho intramolecular Hbond substituents is 1. The van der Waals surface area contributed by atoms with Gasteiger partial charge in [0.1, 0.15) is 11.9 Å². The largest absolute Gasteiger partial charge is 0.508 e. The summed E-state index contributed by atoms with van der Waals surface area (Å²) in [7, 11) is 0. The van der Waals surface area contributed by atoms with Gasteiger partial charge in [-0.05, 0) is 24.6 Å². The second kappa shape index (κ2) is 6.88. The van der Waals surface area contributed by atoms with Crippen molar-refractivity contribution >= 4 is 17.5 Å².